The van der Waals surface area contributed by atoms with Crippen molar-refractivity contribution in [2.75, 3.05) is 11.9 Å². The number of nitrogens with zero attached hydrogens (tertiary/aromatic N) is 3. The van der Waals surface area contributed by atoms with E-state index in [0.29, 0.717) is 5.69 Å². The Morgan fingerprint density at radius 3 is 2.61 bits per heavy atom. The quantitative estimate of drug-likeness (QED) is 0.559. The number of carbonyl (C=O) groups excluding carboxylic acids is 1. The number of anilines is 1. The zero-order valence-corrected chi connectivity index (χ0v) is 12.3. The van der Waals surface area contributed by atoms with Crippen LogP contribution in [0.15, 0.2) is 65.9 Å². The van der Waals surface area contributed by atoms with Crippen LogP contribution in [0.25, 0.3) is 11.0 Å². The van der Waals surface area contributed by atoms with E-state index in [1.807, 2.05) is 54.6 Å². The van der Waals surface area contributed by atoms with Gasteiger partial charge in [0.15, 0.2) is 0 Å². The minimum atomic E-state index is -0.237. The van der Waals surface area contributed by atoms with E-state index in [1.165, 1.54) is 6.21 Å². The molecule has 0 saturated carbocycles. The van der Waals surface area contributed by atoms with Crippen molar-refractivity contribution in [1.82, 2.24) is 15.4 Å². The Morgan fingerprint density at radius 1 is 1.04 bits per heavy atom. The lowest BCUT2D eigenvalue weighted by atomic mass is 10.3. The van der Waals surface area contributed by atoms with Gasteiger partial charge in [-0.3, -0.25) is 9.78 Å². The summed E-state index contributed by atoms with van der Waals surface area (Å²) in [5.41, 5.74) is 5.52. The molecular weight excluding hydrogens is 290 g/mol. The van der Waals surface area contributed by atoms with Gasteiger partial charge in [-0.2, -0.15) is 5.10 Å². The number of hydrogen-bond acceptors (Lipinski definition) is 5. The molecule has 1 heterocycles. The first kappa shape index (κ1) is 14.6. The smallest absolute Gasteiger partial charge is 0.259 e. The van der Waals surface area contributed by atoms with Crippen LogP contribution < -0.4 is 10.7 Å². The number of amides is 1. The van der Waals surface area contributed by atoms with Crippen LogP contribution in [0.4, 0.5) is 5.69 Å². The molecule has 0 aliphatic carbocycles. The van der Waals surface area contributed by atoms with Gasteiger partial charge in [0.1, 0.15) is 5.69 Å². The molecule has 1 aromatic heterocycles. The molecule has 6 heteroatoms. The van der Waals surface area contributed by atoms with Crippen LogP contribution in [0, 0.1) is 0 Å². The molecule has 0 atom stereocenters. The van der Waals surface area contributed by atoms with Gasteiger partial charge in [0, 0.05) is 5.69 Å². The van der Waals surface area contributed by atoms with Crippen LogP contribution in [0.2, 0.25) is 0 Å². The lowest BCUT2D eigenvalue weighted by molar-refractivity contribution is -0.119. The highest BCUT2D eigenvalue weighted by atomic mass is 16.2. The van der Waals surface area contributed by atoms with E-state index >= 15 is 0 Å². The summed E-state index contributed by atoms with van der Waals surface area (Å²) in [6.07, 6.45) is 3.08. The van der Waals surface area contributed by atoms with Crippen LogP contribution in [-0.4, -0.2) is 28.6 Å². The second-order valence-corrected chi connectivity index (χ2v) is 4.80. The van der Waals surface area contributed by atoms with E-state index in [4.69, 9.17) is 0 Å². The monoisotopic (exact) mass is 305 g/mol. The summed E-state index contributed by atoms with van der Waals surface area (Å²) < 4.78 is 0. The standard InChI is InChI=1S/C17H15N5O/c23-17(12-18-13-6-2-1-3-7-13)22-20-11-14-10-19-15-8-4-5-9-16(15)21-14/h1-11,18H,12H2,(H,22,23)/b20-11-. The maximum absolute atomic E-state index is 11.7. The molecule has 0 radical (unpaired) electrons. The highest BCUT2D eigenvalue weighted by molar-refractivity contribution is 5.84. The summed E-state index contributed by atoms with van der Waals surface area (Å²) in [6, 6.07) is 17.1. The van der Waals surface area contributed by atoms with E-state index in [1.54, 1.807) is 6.20 Å². The Morgan fingerprint density at radius 2 is 1.78 bits per heavy atom. The molecule has 0 aliphatic rings. The predicted molar refractivity (Wildman–Crippen MR) is 90.2 cm³/mol. The van der Waals surface area contributed by atoms with Gasteiger partial charge in [-0.15, -0.1) is 0 Å². The highest BCUT2D eigenvalue weighted by Crippen LogP contribution is 2.07. The van der Waals surface area contributed by atoms with Crippen LogP contribution in [-0.2, 0) is 4.79 Å². The van der Waals surface area contributed by atoms with Gasteiger partial charge in [0.25, 0.3) is 5.91 Å². The van der Waals surface area contributed by atoms with Crippen molar-refractivity contribution in [2.45, 2.75) is 0 Å². The number of hydrazone groups is 1. The number of hydrogen-bond donors (Lipinski definition) is 2. The van der Waals surface area contributed by atoms with Crippen LogP contribution in [0.5, 0.6) is 0 Å². The molecule has 3 rings (SSSR count). The SMILES string of the molecule is O=C(CNc1ccccc1)N/N=C\c1cnc2ccccc2n1. The van der Waals surface area contributed by atoms with Crippen molar-refractivity contribution in [3.63, 3.8) is 0 Å². The van der Waals surface area contributed by atoms with E-state index in [0.717, 1.165) is 16.7 Å². The minimum absolute atomic E-state index is 0.144. The number of rotatable bonds is 5. The third-order valence-corrected chi connectivity index (χ3v) is 3.08. The van der Waals surface area contributed by atoms with Gasteiger partial charge in [0.2, 0.25) is 0 Å². The molecule has 1 amide bonds. The Hall–Kier alpha value is -3.28. The largest absolute Gasteiger partial charge is 0.376 e. The highest BCUT2D eigenvalue weighted by Gasteiger charge is 1.99. The molecule has 0 spiro atoms. The lowest BCUT2D eigenvalue weighted by Crippen LogP contribution is -2.25. The van der Waals surface area contributed by atoms with Crippen LogP contribution >= 0.6 is 0 Å². The van der Waals surface area contributed by atoms with Crippen molar-refractivity contribution in [3.05, 3.63) is 66.5 Å². The first-order chi connectivity index (χ1) is 11.3. The number of fused-ring (bicyclic) bond motifs is 1. The fourth-order valence-electron chi connectivity index (χ4n) is 1.98. The number of aromatic nitrogens is 2. The Labute approximate surface area is 133 Å². The van der Waals surface area contributed by atoms with Crippen molar-refractivity contribution in [2.24, 2.45) is 5.10 Å². The molecule has 0 saturated heterocycles. The summed E-state index contributed by atoms with van der Waals surface area (Å²) >= 11 is 0. The Bertz CT molecular complexity index is 833. The number of carbonyl (C=O) groups is 1. The van der Waals surface area contributed by atoms with Gasteiger partial charge < -0.3 is 5.32 Å². The molecular formula is C17H15N5O. The molecule has 0 aliphatic heterocycles. The topological polar surface area (TPSA) is 79.3 Å². The molecule has 0 bridgehead atoms. The zero-order valence-electron chi connectivity index (χ0n) is 12.3. The van der Waals surface area contributed by atoms with Crippen molar-refractivity contribution in [3.8, 4) is 0 Å². The summed E-state index contributed by atoms with van der Waals surface area (Å²) in [6.45, 7) is 0.144. The Balaban J connectivity index is 1.54. The van der Waals surface area contributed by atoms with E-state index in [-0.39, 0.29) is 12.5 Å². The van der Waals surface area contributed by atoms with Crippen molar-refractivity contribution >= 4 is 28.8 Å². The van der Waals surface area contributed by atoms with E-state index in [2.05, 4.69) is 25.8 Å². The maximum Gasteiger partial charge on any atom is 0.259 e. The zero-order chi connectivity index (χ0) is 15.9. The molecule has 6 nitrogen and oxygen atoms in total. The van der Waals surface area contributed by atoms with E-state index < -0.39 is 0 Å². The average molecular weight is 305 g/mol. The second kappa shape index (κ2) is 7.13. The molecule has 3 aromatic rings. The van der Waals surface area contributed by atoms with Crippen molar-refractivity contribution in [1.29, 1.82) is 0 Å². The molecule has 0 unspecified atom stereocenters. The third-order valence-electron chi connectivity index (χ3n) is 3.08. The molecule has 0 fully saturated rings. The summed E-state index contributed by atoms with van der Waals surface area (Å²) in [4.78, 5) is 20.4. The summed E-state index contributed by atoms with van der Waals surface area (Å²) in [7, 11) is 0. The third kappa shape index (κ3) is 4.10. The average Bonchev–Trinajstić information content (AvgIpc) is 2.61. The normalized spacial score (nSPS) is 10.8. The van der Waals surface area contributed by atoms with Crippen LogP contribution in [0.3, 0.4) is 0 Å². The Kier molecular flexibility index (Phi) is 4.54. The molecule has 23 heavy (non-hydrogen) atoms. The fourth-order valence-corrected chi connectivity index (χ4v) is 1.98. The molecule has 2 aromatic carbocycles. The first-order valence-electron chi connectivity index (χ1n) is 7.14. The van der Waals surface area contributed by atoms with E-state index in [9.17, 15) is 4.79 Å². The lowest BCUT2D eigenvalue weighted by Gasteiger charge is -2.04. The number of nitrogens with one attached hydrogen (secondary N) is 2. The summed E-state index contributed by atoms with van der Waals surface area (Å²) in [5.74, 6) is -0.237. The number of para-hydroxylation sites is 3. The van der Waals surface area contributed by atoms with Gasteiger partial charge in [0.05, 0.1) is 30.0 Å². The second-order valence-electron chi connectivity index (χ2n) is 4.80. The maximum atomic E-state index is 11.7. The molecule has 2 N–H and O–H groups in total. The fraction of sp³-hybridized carbons (Fsp3) is 0.0588. The van der Waals surface area contributed by atoms with Gasteiger partial charge in [-0.25, -0.2) is 10.4 Å². The van der Waals surface area contributed by atoms with Gasteiger partial charge >= 0.3 is 0 Å². The summed E-state index contributed by atoms with van der Waals surface area (Å²) in [5, 5.41) is 6.90. The van der Waals surface area contributed by atoms with Gasteiger partial charge in [-0.05, 0) is 24.3 Å². The van der Waals surface area contributed by atoms with Crippen LogP contribution in [0.1, 0.15) is 5.69 Å². The molecule has 114 valence electrons. The minimum Gasteiger partial charge on any atom is -0.376 e. The number of benzene rings is 2. The van der Waals surface area contributed by atoms with Crippen molar-refractivity contribution < 1.29 is 4.79 Å². The van der Waals surface area contributed by atoms with Gasteiger partial charge in [-0.1, -0.05) is 30.3 Å². The predicted octanol–water partition coefficient (Wildman–Crippen LogP) is 2.19. The first-order valence-corrected chi connectivity index (χ1v) is 7.14.